The predicted molar refractivity (Wildman–Crippen MR) is 115 cm³/mol. The van der Waals surface area contributed by atoms with Crippen molar-refractivity contribution in [3.63, 3.8) is 0 Å². The molecule has 3 heterocycles. The Labute approximate surface area is 172 Å². The van der Waals surface area contributed by atoms with E-state index in [-0.39, 0.29) is 22.9 Å². The summed E-state index contributed by atoms with van der Waals surface area (Å²) in [5.74, 6) is -0.525. The van der Waals surface area contributed by atoms with E-state index in [1.807, 2.05) is 12.3 Å². The quantitative estimate of drug-likeness (QED) is 0.533. The molecule has 1 fully saturated rings. The fourth-order valence-corrected chi connectivity index (χ4v) is 4.51. The average Bonchev–Trinajstić information content (AvgIpc) is 3.12. The highest BCUT2D eigenvalue weighted by Gasteiger charge is 2.20. The van der Waals surface area contributed by atoms with Crippen molar-refractivity contribution in [2.75, 3.05) is 13.1 Å². The number of nitrogens with zero attached hydrogens (tertiary/aromatic N) is 3. The van der Waals surface area contributed by atoms with Gasteiger partial charge in [0, 0.05) is 47.6 Å². The molecule has 0 unspecified atom stereocenters. The number of benzene rings is 2. The number of piperidine rings is 1. The van der Waals surface area contributed by atoms with E-state index in [9.17, 15) is 9.90 Å². The highest BCUT2D eigenvalue weighted by molar-refractivity contribution is 5.94. The highest BCUT2D eigenvalue weighted by Crippen LogP contribution is 2.39. The molecule has 1 saturated heterocycles. The first-order valence-electron chi connectivity index (χ1n) is 10.2. The number of rotatable bonds is 2. The molecule has 0 saturated carbocycles. The molecule has 2 aromatic heterocycles. The summed E-state index contributed by atoms with van der Waals surface area (Å²) >= 11 is 0. The SMILES string of the molecule is Cc1c(O)c(-c2cc3ccn(C4CCNCC4)c(=O)c3cc2F)cc2cn(C)nc12. The monoisotopic (exact) mass is 406 g/mol. The summed E-state index contributed by atoms with van der Waals surface area (Å²) in [7, 11) is 1.81. The van der Waals surface area contributed by atoms with Gasteiger partial charge in [0.15, 0.2) is 0 Å². The largest absolute Gasteiger partial charge is 0.507 e. The zero-order valence-corrected chi connectivity index (χ0v) is 16.9. The fraction of sp³-hybridized carbons (Fsp3) is 0.304. The molecular weight excluding hydrogens is 383 g/mol. The zero-order chi connectivity index (χ0) is 21.0. The Hall–Kier alpha value is -3.19. The zero-order valence-electron chi connectivity index (χ0n) is 16.9. The summed E-state index contributed by atoms with van der Waals surface area (Å²) < 4.78 is 18.6. The molecule has 30 heavy (non-hydrogen) atoms. The molecule has 0 aliphatic carbocycles. The Balaban J connectivity index is 1.68. The minimum absolute atomic E-state index is 0.00231. The molecule has 1 aliphatic heterocycles. The first-order chi connectivity index (χ1) is 14.4. The van der Waals surface area contributed by atoms with Gasteiger partial charge >= 0.3 is 0 Å². The number of aryl methyl sites for hydroxylation is 2. The summed E-state index contributed by atoms with van der Waals surface area (Å²) in [5, 5.41) is 20.2. The lowest BCUT2D eigenvalue weighted by Crippen LogP contribution is -2.34. The van der Waals surface area contributed by atoms with Crippen molar-refractivity contribution < 1.29 is 9.50 Å². The number of hydrogen-bond acceptors (Lipinski definition) is 4. The van der Waals surface area contributed by atoms with Gasteiger partial charge in [-0.15, -0.1) is 0 Å². The summed E-state index contributed by atoms with van der Waals surface area (Å²) in [6.45, 7) is 3.51. The summed E-state index contributed by atoms with van der Waals surface area (Å²) in [6.07, 6.45) is 5.40. The second kappa shape index (κ2) is 6.95. The third kappa shape index (κ3) is 2.89. The molecule has 4 aromatic rings. The summed E-state index contributed by atoms with van der Waals surface area (Å²) in [5.41, 5.74) is 1.78. The Morgan fingerprint density at radius 3 is 2.67 bits per heavy atom. The van der Waals surface area contributed by atoms with Crippen molar-refractivity contribution in [2.45, 2.75) is 25.8 Å². The fourth-order valence-electron chi connectivity index (χ4n) is 4.51. The van der Waals surface area contributed by atoms with E-state index < -0.39 is 5.82 Å². The maximum Gasteiger partial charge on any atom is 0.258 e. The van der Waals surface area contributed by atoms with Crippen molar-refractivity contribution in [3.05, 3.63) is 58.4 Å². The van der Waals surface area contributed by atoms with Gasteiger partial charge in [0.25, 0.3) is 5.56 Å². The third-order valence-corrected chi connectivity index (χ3v) is 6.13. The molecule has 0 amide bonds. The van der Waals surface area contributed by atoms with Gasteiger partial charge in [-0.25, -0.2) is 4.39 Å². The van der Waals surface area contributed by atoms with E-state index in [1.54, 1.807) is 41.5 Å². The number of fused-ring (bicyclic) bond motifs is 2. The van der Waals surface area contributed by atoms with E-state index in [2.05, 4.69) is 10.4 Å². The van der Waals surface area contributed by atoms with Crippen molar-refractivity contribution in [2.24, 2.45) is 7.05 Å². The number of nitrogens with one attached hydrogen (secondary N) is 1. The highest BCUT2D eigenvalue weighted by atomic mass is 19.1. The van der Waals surface area contributed by atoms with Crippen LogP contribution in [0.15, 0.2) is 41.5 Å². The van der Waals surface area contributed by atoms with Gasteiger partial charge in [0.2, 0.25) is 0 Å². The number of phenolic OH excluding ortho intramolecular Hbond substituents is 1. The number of pyridine rings is 1. The van der Waals surface area contributed by atoms with E-state index in [4.69, 9.17) is 0 Å². The lowest BCUT2D eigenvalue weighted by molar-refractivity contribution is 0.362. The first kappa shape index (κ1) is 18.8. The van der Waals surface area contributed by atoms with Gasteiger partial charge in [-0.2, -0.15) is 5.10 Å². The van der Waals surface area contributed by atoms with E-state index >= 15 is 4.39 Å². The van der Waals surface area contributed by atoms with Crippen LogP contribution >= 0.6 is 0 Å². The molecule has 2 aromatic carbocycles. The van der Waals surface area contributed by atoms with Crippen LogP contribution in [-0.4, -0.2) is 32.5 Å². The van der Waals surface area contributed by atoms with E-state index in [0.717, 1.165) is 31.3 Å². The lowest BCUT2D eigenvalue weighted by atomic mass is 9.96. The number of phenols is 1. The molecule has 0 atom stereocenters. The van der Waals surface area contributed by atoms with Gasteiger partial charge < -0.3 is 15.0 Å². The van der Waals surface area contributed by atoms with E-state index in [0.29, 0.717) is 27.4 Å². The van der Waals surface area contributed by atoms with Crippen LogP contribution in [0.4, 0.5) is 4.39 Å². The van der Waals surface area contributed by atoms with Gasteiger partial charge in [-0.3, -0.25) is 9.48 Å². The molecule has 0 radical (unpaired) electrons. The molecule has 154 valence electrons. The Kier molecular flexibility index (Phi) is 4.36. The van der Waals surface area contributed by atoms with Gasteiger partial charge in [-0.1, -0.05) is 0 Å². The number of halogens is 1. The van der Waals surface area contributed by atoms with Crippen LogP contribution in [0.3, 0.4) is 0 Å². The average molecular weight is 406 g/mol. The van der Waals surface area contributed by atoms with Crippen molar-refractivity contribution >= 4 is 21.7 Å². The summed E-state index contributed by atoms with van der Waals surface area (Å²) in [6, 6.07) is 6.67. The minimum Gasteiger partial charge on any atom is -0.507 e. The van der Waals surface area contributed by atoms with Crippen LogP contribution in [0.25, 0.3) is 32.8 Å². The van der Waals surface area contributed by atoms with Crippen LogP contribution in [0.2, 0.25) is 0 Å². The van der Waals surface area contributed by atoms with Crippen LogP contribution in [-0.2, 0) is 7.05 Å². The lowest BCUT2D eigenvalue weighted by Gasteiger charge is -2.25. The second-order valence-corrected chi connectivity index (χ2v) is 8.07. The maximum atomic E-state index is 15.2. The normalized spacial score (nSPS) is 15.3. The van der Waals surface area contributed by atoms with Gasteiger partial charge in [-0.05, 0) is 62.5 Å². The molecule has 0 bridgehead atoms. The Bertz CT molecular complexity index is 1350. The topological polar surface area (TPSA) is 72.1 Å². The van der Waals surface area contributed by atoms with Crippen molar-refractivity contribution in [1.29, 1.82) is 0 Å². The van der Waals surface area contributed by atoms with Crippen molar-refractivity contribution in [1.82, 2.24) is 19.7 Å². The minimum atomic E-state index is -0.527. The standard InChI is InChI=1S/C23H23FN4O2/c1-13-21-15(12-27(2)26-21)10-19(22(13)29)18-9-14-5-8-28(16-3-6-25-7-4-16)23(30)17(14)11-20(18)24/h5,8-12,16,25,29H,3-4,6-7H2,1-2H3. The first-order valence-corrected chi connectivity index (χ1v) is 10.2. The predicted octanol–water partition coefficient (Wildman–Crippen LogP) is 3.63. The molecule has 2 N–H and O–H groups in total. The molecule has 5 rings (SSSR count). The van der Waals surface area contributed by atoms with Gasteiger partial charge in [0.1, 0.15) is 11.6 Å². The number of aromatic nitrogens is 3. The molecule has 6 nitrogen and oxygen atoms in total. The van der Waals surface area contributed by atoms with Crippen LogP contribution in [0, 0.1) is 12.7 Å². The number of aromatic hydroxyl groups is 1. The molecule has 0 spiro atoms. The van der Waals surface area contributed by atoms with E-state index in [1.165, 1.54) is 6.07 Å². The Morgan fingerprint density at radius 1 is 1.17 bits per heavy atom. The molecule has 1 aliphatic rings. The molecular formula is C23H23FN4O2. The molecule has 7 heteroatoms. The Morgan fingerprint density at radius 2 is 1.90 bits per heavy atom. The third-order valence-electron chi connectivity index (χ3n) is 6.13. The van der Waals surface area contributed by atoms with Crippen molar-refractivity contribution in [3.8, 4) is 16.9 Å². The second-order valence-electron chi connectivity index (χ2n) is 8.07. The van der Waals surface area contributed by atoms with Gasteiger partial charge in [0.05, 0.1) is 10.9 Å². The number of hydrogen-bond donors (Lipinski definition) is 2. The smallest absolute Gasteiger partial charge is 0.258 e. The van der Waals surface area contributed by atoms with Crippen LogP contribution in [0.1, 0.15) is 24.4 Å². The van der Waals surface area contributed by atoms with Crippen LogP contribution in [0.5, 0.6) is 5.75 Å². The van der Waals surface area contributed by atoms with Crippen LogP contribution < -0.4 is 10.9 Å². The maximum absolute atomic E-state index is 15.2. The summed E-state index contributed by atoms with van der Waals surface area (Å²) in [4.78, 5) is 13.0.